The molecular weight excluding hydrogens is 379 g/mol. The average molecular weight is 404 g/mol. The highest BCUT2D eigenvalue weighted by molar-refractivity contribution is 14.0. The van der Waals surface area contributed by atoms with E-state index in [0.717, 1.165) is 18.5 Å². The summed E-state index contributed by atoms with van der Waals surface area (Å²) in [5.41, 5.74) is 7.44. The van der Waals surface area contributed by atoms with Gasteiger partial charge in [0.2, 0.25) is 0 Å². The highest BCUT2D eigenvalue weighted by atomic mass is 127. The van der Waals surface area contributed by atoms with E-state index in [4.69, 9.17) is 5.73 Å². The quantitative estimate of drug-likeness (QED) is 0.386. The summed E-state index contributed by atoms with van der Waals surface area (Å²) in [5, 5.41) is 5.67. The fourth-order valence-electron chi connectivity index (χ4n) is 1.63. The molecule has 0 spiro atoms. The average Bonchev–Trinajstić information content (AvgIpc) is 2.44. The first-order valence-electron chi connectivity index (χ1n) is 6.87. The third kappa shape index (κ3) is 7.89. The number of halogens is 1. The van der Waals surface area contributed by atoms with E-state index in [2.05, 4.69) is 29.5 Å². The van der Waals surface area contributed by atoms with Gasteiger partial charge in [-0.15, -0.1) is 24.0 Å². The second-order valence-corrected chi connectivity index (χ2v) is 5.09. The monoisotopic (exact) mass is 404 g/mol. The maximum Gasteiger partial charge on any atom is 0.251 e. The molecule has 1 rings (SSSR count). The molecule has 0 saturated heterocycles. The summed E-state index contributed by atoms with van der Waals surface area (Å²) in [5.74, 6) is 1.02. The van der Waals surface area contributed by atoms with Gasteiger partial charge in [-0.3, -0.25) is 4.79 Å². The predicted octanol–water partition coefficient (Wildman–Crippen LogP) is 2.11. The van der Waals surface area contributed by atoms with Crippen LogP contribution in [0, 0.1) is 5.92 Å². The van der Waals surface area contributed by atoms with Crippen molar-refractivity contribution in [1.29, 1.82) is 0 Å². The number of hydrogen-bond acceptors (Lipinski definition) is 2. The van der Waals surface area contributed by atoms with Crippen LogP contribution in [-0.4, -0.2) is 25.5 Å². The van der Waals surface area contributed by atoms with Crippen LogP contribution in [0.4, 0.5) is 0 Å². The number of amides is 1. The van der Waals surface area contributed by atoms with Gasteiger partial charge in [0.15, 0.2) is 5.96 Å². The minimum atomic E-state index is -0.0880. The van der Waals surface area contributed by atoms with E-state index in [1.165, 1.54) is 0 Å². The summed E-state index contributed by atoms with van der Waals surface area (Å²) in [7, 11) is 1.62. The molecule has 0 aliphatic rings. The van der Waals surface area contributed by atoms with Crippen LogP contribution in [0.3, 0.4) is 0 Å². The molecule has 0 fully saturated rings. The van der Waals surface area contributed by atoms with E-state index in [-0.39, 0.29) is 29.9 Å². The molecule has 0 aliphatic heterocycles. The topological polar surface area (TPSA) is 79.5 Å². The van der Waals surface area contributed by atoms with Gasteiger partial charge in [-0.25, -0.2) is 4.99 Å². The van der Waals surface area contributed by atoms with Gasteiger partial charge in [0.05, 0.1) is 6.54 Å². The fourth-order valence-corrected chi connectivity index (χ4v) is 1.63. The van der Waals surface area contributed by atoms with Crippen LogP contribution in [0.2, 0.25) is 0 Å². The summed E-state index contributed by atoms with van der Waals surface area (Å²) < 4.78 is 0. The Balaban J connectivity index is 0.00000400. The number of nitrogens with one attached hydrogen (secondary N) is 2. The maximum absolute atomic E-state index is 11.4. The molecule has 1 amide bonds. The Morgan fingerprint density at radius 2 is 1.90 bits per heavy atom. The van der Waals surface area contributed by atoms with Gasteiger partial charge in [0.1, 0.15) is 0 Å². The van der Waals surface area contributed by atoms with E-state index in [9.17, 15) is 4.79 Å². The summed E-state index contributed by atoms with van der Waals surface area (Å²) in [6, 6.07) is 7.34. The van der Waals surface area contributed by atoms with Gasteiger partial charge in [0, 0.05) is 19.2 Å². The van der Waals surface area contributed by atoms with E-state index < -0.39 is 0 Å². The van der Waals surface area contributed by atoms with Crippen molar-refractivity contribution in [2.45, 2.75) is 26.8 Å². The molecule has 0 aromatic heterocycles. The van der Waals surface area contributed by atoms with E-state index in [1.807, 2.05) is 12.1 Å². The van der Waals surface area contributed by atoms with Crippen molar-refractivity contribution in [1.82, 2.24) is 10.6 Å². The van der Waals surface area contributed by atoms with Gasteiger partial charge in [-0.1, -0.05) is 26.0 Å². The lowest BCUT2D eigenvalue weighted by molar-refractivity contribution is 0.0963. The Morgan fingerprint density at radius 3 is 2.43 bits per heavy atom. The van der Waals surface area contributed by atoms with Crippen LogP contribution < -0.4 is 16.4 Å². The third-order valence-corrected chi connectivity index (χ3v) is 2.90. The zero-order chi connectivity index (χ0) is 15.0. The number of benzene rings is 1. The van der Waals surface area contributed by atoms with Gasteiger partial charge < -0.3 is 16.4 Å². The Labute approximate surface area is 143 Å². The molecule has 118 valence electrons. The van der Waals surface area contributed by atoms with Crippen LogP contribution in [0.25, 0.3) is 0 Å². The number of nitrogens with two attached hydrogens (primary N) is 1. The zero-order valence-corrected chi connectivity index (χ0v) is 15.2. The summed E-state index contributed by atoms with van der Waals surface area (Å²) in [6.07, 6.45) is 1.07. The normalized spacial score (nSPS) is 11.0. The van der Waals surface area contributed by atoms with Crippen LogP contribution in [0.1, 0.15) is 36.2 Å². The first-order chi connectivity index (χ1) is 9.52. The molecule has 6 heteroatoms. The van der Waals surface area contributed by atoms with Crippen molar-refractivity contribution >= 4 is 35.8 Å². The Kier molecular flexibility index (Phi) is 9.77. The molecule has 1 aromatic carbocycles. The van der Waals surface area contributed by atoms with Crippen LogP contribution in [-0.2, 0) is 6.54 Å². The molecule has 0 heterocycles. The number of aliphatic imine (C=N–C) groups is 1. The second kappa shape index (κ2) is 10.4. The lowest BCUT2D eigenvalue weighted by atomic mass is 10.1. The lowest BCUT2D eigenvalue weighted by Crippen LogP contribution is -2.32. The highest BCUT2D eigenvalue weighted by Gasteiger charge is 2.02. The fraction of sp³-hybridized carbons (Fsp3) is 0.467. The lowest BCUT2D eigenvalue weighted by Gasteiger charge is -2.07. The number of carbonyl (C=O) groups is 1. The maximum atomic E-state index is 11.4. The molecule has 5 nitrogen and oxygen atoms in total. The van der Waals surface area contributed by atoms with Crippen molar-refractivity contribution in [3.63, 3.8) is 0 Å². The van der Waals surface area contributed by atoms with Crippen molar-refractivity contribution in [3.8, 4) is 0 Å². The molecule has 0 radical (unpaired) electrons. The number of rotatable bonds is 6. The van der Waals surface area contributed by atoms with Crippen molar-refractivity contribution in [2.75, 3.05) is 13.6 Å². The van der Waals surface area contributed by atoms with Crippen molar-refractivity contribution in [2.24, 2.45) is 16.6 Å². The number of guanidine groups is 1. The largest absolute Gasteiger partial charge is 0.370 e. The Morgan fingerprint density at radius 1 is 1.29 bits per heavy atom. The second-order valence-electron chi connectivity index (χ2n) is 5.09. The van der Waals surface area contributed by atoms with Gasteiger partial charge in [-0.05, 0) is 30.0 Å². The summed E-state index contributed by atoms with van der Waals surface area (Å²) in [4.78, 5) is 15.7. The van der Waals surface area contributed by atoms with Crippen LogP contribution in [0.15, 0.2) is 29.3 Å². The molecular formula is C15H25IN4O. The molecule has 1 aromatic rings. The first kappa shape index (κ1) is 19.7. The van der Waals surface area contributed by atoms with E-state index >= 15 is 0 Å². The molecule has 0 unspecified atom stereocenters. The smallest absolute Gasteiger partial charge is 0.251 e. The molecule has 0 atom stereocenters. The Bertz CT molecular complexity index is 457. The minimum Gasteiger partial charge on any atom is -0.370 e. The first-order valence-corrected chi connectivity index (χ1v) is 6.87. The van der Waals surface area contributed by atoms with Crippen molar-refractivity contribution in [3.05, 3.63) is 35.4 Å². The molecule has 0 aliphatic carbocycles. The minimum absolute atomic E-state index is 0. The zero-order valence-electron chi connectivity index (χ0n) is 12.8. The van der Waals surface area contributed by atoms with E-state index in [0.29, 0.717) is 24.0 Å². The van der Waals surface area contributed by atoms with Crippen molar-refractivity contribution < 1.29 is 4.79 Å². The third-order valence-electron chi connectivity index (χ3n) is 2.90. The highest BCUT2D eigenvalue weighted by Crippen LogP contribution is 2.05. The number of hydrogen-bond donors (Lipinski definition) is 3. The SMILES string of the molecule is CNC(=O)c1ccc(CN=C(N)NCCC(C)C)cc1.I. The molecule has 21 heavy (non-hydrogen) atoms. The summed E-state index contributed by atoms with van der Waals surface area (Å²) in [6.45, 7) is 5.68. The van der Waals surface area contributed by atoms with Gasteiger partial charge in [-0.2, -0.15) is 0 Å². The molecule has 0 bridgehead atoms. The molecule has 0 saturated carbocycles. The predicted molar refractivity (Wildman–Crippen MR) is 98.0 cm³/mol. The van der Waals surface area contributed by atoms with E-state index in [1.54, 1.807) is 19.2 Å². The van der Waals surface area contributed by atoms with Crippen LogP contribution >= 0.6 is 24.0 Å². The molecule has 4 N–H and O–H groups in total. The summed E-state index contributed by atoms with van der Waals surface area (Å²) >= 11 is 0. The van der Waals surface area contributed by atoms with Crippen LogP contribution in [0.5, 0.6) is 0 Å². The van der Waals surface area contributed by atoms with Gasteiger partial charge >= 0.3 is 0 Å². The Hall–Kier alpha value is -1.31. The number of carbonyl (C=O) groups excluding carboxylic acids is 1. The standard InChI is InChI=1S/C15H24N4O.HI/c1-11(2)8-9-18-15(16)19-10-12-4-6-13(7-5-12)14(20)17-3;/h4-7,11H,8-10H2,1-3H3,(H,17,20)(H3,16,18,19);1H. The number of nitrogens with zero attached hydrogens (tertiary/aromatic N) is 1. The van der Waals surface area contributed by atoms with Gasteiger partial charge in [0.25, 0.3) is 5.91 Å².